The first-order chi connectivity index (χ1) is 9.86. The number of amides is 1. The van der Waals surface area contributed by atoms with Crippen LogP contribution in [0.1, 0.15) is 29.2 Å². The Bertz CT molecular complexity index is 675. The molecule has 0 aliphatic heterocycles. The number of carbonyl (C=O) groups is 1. The van der Waals surface area contributed by atoms with Gasteiger partial charge in [0, 0.05) is 10.4 Å². The topological polar surface area (TPSA) is 42.0 Å². The molecule has 0 spiro atoms. The molecule has 112 valence electrons. The molecule has 1 heterocycles. The summed E-state index contributed by atoms with van der Waals surface area (Å²) >= 11 is 13.2. The van der Waals surface area contributed by atoms with Gasteiger partial charge in [-0.1, -0.05) is 23.2 Å². The molecule has 0 bridgehead atoms. The van der Waals surface area contributed by atoms with Gasteiger partial charge in [-0.05, 0) is 31.5 Å². The smallest absolute Gasteiger partial charge is 0.226 e. The fourth-order valence-electron chi connectivity index (χ4n) is 1.89. The maximum atomic E-state index is 13.5. The van der Waals surface area contributed by atoms with Gasteiger partial charge in [0.1, 0.15) is 5.82 Å². The van der Waals surface area contributed by atoms with Crippen LogP contribution in [0.15, 0.2) is 17.5 Å². The lowest BCUT2D eigenvalue weighted by Gasteiger charge is -2.16. The van der Waals surface area contributed by atoms with Crippen LogP contribution >= 0.6 is 34.5 Å². The van der Waals surface area contributed by atoms with Gasteiger partial charge in [0.2, 0.25) is 5.91 Å². The van der Waals surface area contributed by atoms with Crippen LogP contribution in [-0.2, 0) is 11.2 Å². The molecular formula is C14H13Cl2FN2OS. The van der Waals surface area contributed by atoms with E-state index in [4.69, 9.17) is 23.2 Å². The maximum Gasteiger partial charge on any atom is 0.226 e. The van der Waals surface area contributed by atoms with E-state index in [0.29, 0.717) is 10.6 Å². The Morgan fingerprint density at radius 1 is 1.43 bits per heavy atom. The molecule has 1 unspecified atom stereocenters. The van der Waals surface area contributed by atoms with Crippen LogP contribution in [0.4, 0.5) is 4.39 Å². The van der Waals surface area contributed by atoms with Crippen molar-refractivity contribution in [2.45, 2.75) is 26.3 Å². The molecule has 7 heteroatoms. The van der Waals surface area contributed by atoms with Crippen molar-refractivity contribution in [1.29, 1.82) is 0 Å². The van der Waals surface area contributed by atoms with E-state index < -0.39 is 11.9 Å². The first-order valence-electron chi connectivity index (χ1n) is 6.21. The maximum absolute atomic E-state index is 13.5. The minimum absolute atomic E-state index is 0.0415. The number of rotatable bonds is 4. The van der Waals surface area contributed by atoms with Crippen LogP contribution in [0, 0.1) is 12.7 Å². The molecule has 1 amide bonds. The second-order valence-corrected chi connectivity index (χ2v) is 6.49. The van der Waals surface area contributed by atoms with Gasteiger partial charge >= 0.3 is 0 Å². The van der Waals surface area contributed by atoms with Crippen LogP contribution in [0.2, 0.25) is 10.0 Å². The number of hydrogen-bond acceptors (Lipinski definition) is 3. The fraction of sp³-hybridized carbons (Fsp3) is 0.286. The van der Waals surface area contributed by atoms with Crippen LogP contribution in [0.3, 0.4) is 0 Å². The molecule has 1 aromatic carbocycles. The summed E-state index contributed by atoms with van der Waals surface area (Å²) in [4.78, 5) is 16.2. The Balaban J connectivity index is 2.05. The standard InChI is InChI=1S/C14H13Cl2FN2OS/c1-7(10-4-13(17)12(16)5-11(10)15)18-14(20)3-9-6-21-8(2)19-9/h4-7H,3H2,1-2H3,(H,18,20). The van der Waals surface area contributed by atoms with E-state index in [0.717, 1.165) is 10.7 Å². The number of halogens is 3. The summed E-state index contributed by atoms with van der Waals surface area (Å²) in [5.41, 5.74) is 1.21. The van der Waals surface area contributed by atoms with Crippen LogP contribution in [0.25, 0.3) is 0 Å². The Kier molecular flexibility index (Phi) is 5.19. The number of nitrogens with one attached hydrogen (secondary N) is 1. The normalized spacial score (nSPS) is 12.2. The van der Waals surface area contributed by atoms with E-state index in [1.165, 1.54) is 23.5 Å². The third kappa shape index (κ3) is 4.15. The van der Waals surface area contributed by atoms with Gasteiger partial charge in [-0.15, -0.1) is 11.3 Å². The van der Waals surface area contributed by atoms with E-state index in [-0.39, 0.29) is 17.4 Å². The third-order valence-electron chi connectivity index (χ3n) is 2.89. The molecule has 0 aliphatic rings. The zero-order valence-corrected chi connectivity index (χ0v) is 13.7. The van der Waals surface area contributed by atoms with Crippen molar-refractivity contribution in [2.24, 2.45) is 0 Å². The number of nitrogens with zero attached hydrogens (tertiary/aromatic N) is 1. The van der Waals surface area contributed by atoms with Gasteiger partial charge < -0.3 is 5.32 Å². The summed E-state index contributed by atoms with van der Waals surface area (Å²) in [5.74, 6) is -0.758. The van der Waals surface area contributed by atoms with Gasteiger partial charge in [-0.3, -0.25) is 4.79 Å². The highest BCUT2D eigenvalue weighted by Crippen LogP contribution is 2.28. The van der Waals surface area contributed by atoms with Crippen molar-refractivity contribution < 1.29 is 9.18 Å². The Labute approximate surface area is 136 Å². The predicted molar refractivity (Wildman–Crippen MR) is 83.5 cm³/mol. The number of thiazole rings is 1. The summed E-state index contributed by atoms with van der Waals surface area (Å²) in [5, 5.41) is 5.80. The second kappa shape index (κ2) is 6.73. The van der Waals surface area contributed by atoms with Crippen molar-refractivity contribution in [3.63, 3.8) is 0 Å². The molecule has 2 rings (SSSR count). The highest BCUT2D eigenvalue weighted by atomic mass is 35.5. The summed E-state index contributed by atoms with van der Waals surface area (Å²) in [7, 11) is 0. The van der Waals surface area contributed by atoms with Gasteiger partial charge in [-0.2, -0.15) is 0 Å². The van der Waals surface area contributed by atoms with Crippen LogP contribution in [-0.4, -0.2) is 10.9 Å². The molecule has 21 heavy (non-hydrogen) atoms. The molecule has 1 aromatic heterocycles. The van der Waals surface area contributed by atoms with E-state index >= 15 is 0 Å². The summed E-state index contributed by atoms with van der Waals surface area (Å²) in [6.45, 7) is 3.61. The highest BCUT2D eigenvalue weighted by Gasteiger charge is 2.16. The van der Waals surface area contributed by atoms with Crippen molar-refractivity contribution >= 4 is 40.4 Å². The van der Waals surface area contributed by atoms with Crippen molar-refractivity contribution in [3.05, 3.63) is 49.6 Å². The average molecular weight is 347 g/mol. The molecule has 0 saturated carbocycles. The molecule has 1 N–H and O–H groups in total. The number of aryl methyl sites for hydroxylation is 1. The monoisotopic (exact) mass is 346 g/mol. The van der Waals surface area contributed by atoms with E-state index in [9.17, 15) is 9.18 Å². The number of benzene rings is 1. The largest absolute Gasteiger partial charge is 0.349 e. The van der Waals surface area contributed by atoms with Gasteiger partial charge in [-0.25, -0.2) is 9.37 Å². The fourth-order valence-corrected chi connectivity index (χ4v) is 3.05. The first kappa shape index (κ1) is 16.2. The molecule has 0 aliphatic carbocycles. The third-order valence-corrected chi connectivity index (χ3v) is 4.33. The summed E-state index contributed by atoms with van der Waals surface area (Å²) in [6.07, 6.45) is 0.183. The molecule has 3 nitrogen and oxygen atoms in total. The Morgan fingerprint density at radius 2 is 2.14 bits per heavy atom. The number of carbonyl (C=O) groups excluding carboxylic acids is 1. The number of hydrogen-bond donors (Lipinski definition) is 1. The predicted octanol–water partition coefficient (Wildman–Crippen LogP) is 4.32. The molecular weight excluding hydrogens is 334 g/mol. The quantitative estimate of drug-likeness (QED) is 0.837. The summed E-state index contributed by atoms with van der Waals surface area (Å²) in [6, 6.07) is 2.15. The van der Waals surface area contributed by atoms with Crippen LogP contribution < -0.4 is 5.32 Å². The molecule has 0 fully saturated rings. The van der Waals surface area contributed by atoms with Gasteiger partial charge in [0.05, 0.1) is 28.2 Å². The lowest BCUT2D eigenvalue weighted by molar-refractivity contribution is -0.121. The minimum atomic E-state index is -0.563. The van der Waals surface area contributed by atoms with Gasteiger partial charge in [0.25, 0.3) is 0 Å². The summed E-state index contributed by atoms with van der Waals surface area (Å²) < 4.78 is 13.5. The van der Waals surface area contributed by atoms with E-state index in [1.807, 2.05) is 12.3 Å². The second-order valence-electron chi connectivity index (χ2n) is 4.61. The van der Waals surface area contributed by atoms with Crippen molar-refractivity contribution in [1.82, 2.24) is 10.3 Å². The average Bonchev–Trinajstić information content (AvgIpc) is 2.78. The lowest BCUT2D eigenvalue weighted by atomic mass is 10.1. The Hall–Kier alpha value is -1.17. The lowest BCUT2D eigenvalue weighted by Crippen LogP contribution is -2.28. The SMILES string of the molecule is Cc1nc(CC(=O)NC(C)c2cc(F)c(Cl)cc2Cl)cs1. The minimum Gasteiger partial charge on any atom is -0.349 e. The first-order valence-corrected chi connectivity index (χ1v) is 7.85. The van der Waals surface area contributed by atoms with E-state index in [2.05, 4.69) is 10.3 Å². The Morgan fingerprint density at radius 3 is 2.76 bits per heavy atom. The van der Waals surface area contributed by atoms with Gasteiger partial charge in [0.15, 0.2) is 0 Å². The van der Waals surface area contributed by atoms with Crippen LogP contribution in [0.5, 0.6) is 0 Å². The zero-order chi connectivity index (χ0) is 15.6. The molecule has 0 saturated heterocycles. The highest BCUT2D eigenvalue weighted by molar-refractivity contribution is 7.09. The molecule has 0 radical (unpaired) electrons. The molecule has 2 aromatic rings. The van der Waals surface area contributed by atoms with Crippen molar-refractivity contribution in [2.75, 3.05) is 0 Å². The number of aromatic nitrogens is 1. The van der Waals surface area contributed by atoms with E-state index in [1.54, 1.807) is 6.92 Å². The zero-order valence-electron chi connectivity index (χ0n) is 11.4. The molecule has 1 atom stereocenters. The van der Waals surface area contributed by atoms with Crippen molar-refractivity contribution in [3.8, 4) is 0 Å².